The normalized spacial score (nSPS) is 16.2. The Kier molecular flexibility index (Phi) is 6.03. The Morgan fingerprint density at radius 3 is 2.45 bits per heavy atom. The van der Waals surface area contributed by atoms with Gasteiger partial charge in [0.2, 0.25) is 16.8 Å². The van der Waals surface area contributed by atoms with E-state index in [2.05, 4.69) is 0 Å². The van der Waals surface area contributed by atoms with Gasteiger partial charge >= 0.3 is 5.97 Å². The molecule has 2 aromatic rings. The summed E-state index contributed by atoms with van der Waals surface area (Å²) < 4.78 is 42.2. The van der Waals surface area contributed by atoms with Gasteiger partial charge in [-0.25, -0.2) is 13.2 Å². The Bertz CT molecular complexity index is 1100. The van der Waals surface area contributed by atoms with Gasteiger partial charge in [-0.2, -0.15) is 4.31 Å². The monoisotopic (exact) mass is 466 g/mol. The largest absolute Gasteiger partial charge is 0.454 e. The lowest BCUT2D eigenvalue weighted by atomic mass is 10.2. The lowest BCUT2D eigenvalue weighted by molar-refractivity contribution is -0.135. The van der Waals surface area contributed by atoms with Crippen molar-refractivity contribution >= 4 is 33.5 Å². The van der Waals surface area contributed by atoms with E-state index < -0.39 is 28.5 Å². The summed E-state index contributed by atoms with van der Waals surface area (Å²) in [6.07, 6.45) is 0. The SMILES string of the molecule is O=C(OCC(=O)N1CCN(S(=O)(=O)c2ccccc2)CC1)c1cc(Cl)c2c(c1)OCO2. The highest BCUT2D eigenvalue weighted by Gasteiger charge is 2.30. The van der Waals surface area contributed by atoms with Crippen LogP contribution in [0.3, 0.4) is 0 Å². The predicted octanol–water partition coefficient (Wildman–Crippen LogP) is 1.76. The number of fused-ring (bicyclic) bond motifs is 1. The summed E-state index contributed by atoms with van der Waals surface area (Å²) in [7, 11) is -3.61. The van der Waals surface area contributed by atoms with Crippen LogP contribution in [0.25, 0.3) is 0 Å². The first-order valence-corrected chi connectivity index (χ1v) is 11.3. The van der Waals surface area contributed by atoms with E-state index in [9.17, 15) is 18.0 Å². The van der Waals surface area contributed by atoms with E-state index in [0.29, 0.717) is 11.5 Å². The van der Waals surface area contributed by atoms with Gasteiger partial charge in [0.25, 0.3) is 5.91 Å². The molecule has 2 heterocycles. The number of amides is 1. The fourth-order valence-electron chi connectivity index (χ4n) is 3.31. The number of hydrogen-bond donors (Lipinski definition) is 0. The maximum absolute atomic E-state index is 12.7. The second kappa shape index (κ2) is 8.74. The van der Waals surface area contributed by atoms with E-state index in [1.807, 2.05) is 0 Å². The van der Waals surface area contributed by atoms with E-state index in [0.717, 1.165) is 0 Å². The highest BCUT2D eigenvalue weighted by Crippen LogP contribution is 2.39. The molecule has 9 nitrogen and oxygen atoms in total. The maximum atomic E-state index is 12.7. The Balaban J connectivity index is 1.31. The number of nitrogens with zero attached hydrogens (tertiary/aromatic N) is 2. The second-order valence-corrected chi connectivity index (χ2v) is 9.21. The summed E-state index contributed by atoms with van der Waals surface area (Å²) in [6.45, 7) is 0.286. The number of sulfonamides is 1. The molecule has 11 heteroatoms. The Morgan fingerprint density at radius 2 is 1.74 bits per heavy atom. The molecule has 0 aliphatic carbocycles. The van der Waals surface area contributed by atoms with Crippen LogP contribution < -0.4 is 9.47 Å². The first-order valence-electron chi connectivity index (χ1n) is 9.45. The summed E-state index contributed by atoms with van der Waals surface area (Å²) in [6, 6.07) is 11.0. The molecule has 0 aromatic heterocycles. The molecular formula is C20H19ClN2O7S. The van der Waals surface area contributed by atoms with Crippen LogP contribution in [0, 0.1) is 0 Å². The minimum Gasteiger partial charge on any atom is -0.454 e. The molecule has 0 radical (unpaired) electrons. The van der Waals surface area contributed by atoms with Gasteiger partial charge in [-0.15, -0.1) is 0 Å². The zero-order valence-corrected chi connectivity index (χ0v) is 17.9. The molecule has 2 aliphatic heterocycles. The third-order valence-electron chi connectivity index (χ3n) is 4.96. The average molecular weight is 467 g/mol. The van der Waals surface area contributed by atoms with Crippen LogP contribution in [-0.2, 0) is 19.6 Å². The first-order chi connectivity index (χ1) is 14.9. The van der Waals surface area contributed by atoms with Gasteiger partial charge in [-0.1, -0.05) is 29.8 Å². The molecule has 0 saturated carbocycles. The molecule has 31 heavy (non-hydrogen) atoms. The van der Waals surface area contributed by atoms with Crippen molar-refractivity contribution in [2.24, 2.45) is 0 Å². The lowest BCUT2D eigenvalue weighted by Crippen LogP contribution is -2.51. The van der Waals surface area contributed by atoms with Gasteiger partial charge in [0.05, 0.1) is 15.5 Å². The van der Waals surface area contributed by atoms with E-state index in [4.69, 9.17) is 25.8 Å². The molecule has 1 saturated heterocycles. The van der Waals surface area contributed by atoms with Crippen LogP contribution in [0.5, 0.6) is 11.5 Å². The fraction of sp³-hybridized carbons (Fsp3) is 0.300. The predicted molar refractivity (Wildman–Crippen MR) is 110 cm³/mol. The smallest absolute Gasteiger partial charge is 0.338 e. The molecule has 2 aromatic carbocycles. The minimum atomic E-state index is -3.61. The topological polar surface area (TPSA) is 102 Å². The van der Waals surface area contributed by atoms with Crippen molar-refractivity contribution in [2.75, 3.05) is 39.6 Å². The molecule has 2 aliphatic rings. The number of benzene rings is 2. The quantitative estimate of drug-likeness (QED) is 0.618. The van der Waals surface area contributed by atoms with Crippen LogP contribution >= 0.6 is 11.6 Å². The van der Waals surface area contributed by atoms with Gasteiger partial charge in [0.1, 0.15) is 0 Å². The molecule has 164 valence electrons. The molecule has 4 rings (SSSR count). The summed E-state index contributed by atoms with van der Waals surface area (Å²) in [5, 5.41) is 0.212. The third kappa shape index (κ3) is 4.46. The molecule has 0 N–H and O–H groups in total. The van der Waals surface area contributed by atoms with Crippen molar-refractivity contribution in [3.63, 3.8) is 0 Å². The van der Waals surface area contributed by atoms with Gasteiger partial charge in [0.15, 0.2) is 18.1 Å². The van der Waals surface area contributed by atoms with E-state index in [-0.39, 0.29) is 48.5 Å². The van der Waals surface area contributed by atoms with Gasteiger partial charge in [-0.05, 0) is 24.3 Å². The number of carbonyl (C=O) groups excluding carboxylic acids is 2. The van der Waals surface area contributed by atoms with Crippen LogP contribution in [0.4, 0.5) is 0 Å². The van der Waals surface area contributed by atoms with Crippen LogP contribution in [0.2, 0.25) is 5.02 Å². The number of ether oxygens (including phenoxy) is 3. The third-order valence-corrected chi connectivity index (χ3v) is 7.16. The second-order valence-electron chi connectivity index (χ2n) is 6.87. The Labute approximate surface area is 184 Å². The van der Waals surface area contributed by atoms with E-state index in [1.54, 1.807) is 18.2 Å². The summed E-state index contributed by atoms with van der Waals surface area (Å²) in [5.41, 5.74) is 0.140. The number of rotatable bonds is 5. The van der Waals surface area contributed by atoms with Crippen LogP contribution in [0.15, 0.2) is 47.4 Å². The van der Waals surface area contributed by atoms with Crippen molar-refractivity contribution in [1.82, 2.24) is 9.21 Å². The molecular weight excluding hydrogens is 448 g/mol. The molecule has 0 unspecified atom stereocenters. The summed E-state index contributed by atoms with van der Waals surface area (Å²) in [5.74, 6) is -0.435. The highest BCUT2D eigenvalue weighted by molar-refractivity contribution is 7.89. The average Bonchev–Trinajstić information content (AvgIpc) is 3.27. The molecule has 0 bridgehead atoms. The minimum absolute atomic E-state index is 0.0119. The number of carbonyl (C=O) groups is 2. The van der Waals surface area contributed by atoms with Crippen molar-refractivity contribution in [2.45, 2.75) is 4.90 Å². The molecule has 0 spiro atoms. The van der Waals surface area contributed by atoms with Crippen molar-refractivity contribution in [3.05, 3.63) is 53.1 Å². The molecule has 1 fully saturated rings. The first kappa shape index (κ1) is 21.4. The Hall–Kier alpha value is -2.82. The van der Waals surface area contributed by atoms with Gasteiger partial charge < -0.3 is 19.1 Å². The number of piperazine rings is 1. The molecule has 0 atom stereocenters. The number of hydrogen-bond acceptors (Lipinski definition) is 7. The standard InChI is InChI=1S/C20H19ClN2O7S/c21-16-10-14(11-17-19(16)30-13-29-17)20(25)28-12-18(24)22-6-8-23(9-7-22)31(26,27)15-4-2-1-3-5-15/h1-5,10-11H,6-9,12-13H2. The maximum Gasteiger partial charge on any atom is 0.338 e. The van der Waals surface area contributed by atoms with Crippen LogP contribution in [0.1, 0.15) is 10.4 Å². The Morgan fingerprint density at radius 1 is 1.03 bits per heavy atom. The molecule has 1 amide bonds. The van der Waals surface area contributed by atoms with E-state index in [1.165, 1.54) is 33.5 Å². The fourth-order valence-corrected chi connectivity index (χ4v) is 5.01. The van der Waals surface area contributed by atoms with Crippen molar-refractivity contribution in [3.8, 4) is 11.5 Å². The zero-order valence-electron chi connectivity index (χ0n) is 16.3. The zero-order chi connectivity index (χ0) is 22.0. The summed E-state index contributed by atoms with van der Waals surface area (Å²) in [4.78, 5) is 26.4. The van der Waals surface area contributed by atoms with Crippen LogP contribution in [-0.4, -0.2) is 69.1 Å². The van der Waals surface area contributed by atoms with Gasteiger partial charge in [-0.3, -0.25) is 4.79 Å². The summed E-state index contributed by atoms with van der Waals surface area (Å²) >= 11 is 6.06. The lowest BCUT2D eigenvalue weighted by Gasteiger charge is -2.33. The van der Waals surface area contributed by atoms with Gasteiger partial charge in [0, 0.05) is 26.2 Å². The highest BCUT2D eigenvalue weighted by atomic mass is 35.5. The van der Waals surface area contributed by atoms with E-state index >= 15 is 0 Å². The van der Waals surface area contributed by atoms with Crippen molar-refractivity contribution < 1.29 is 32.2 Å². The van der Waals surface area contributed by atoms with Crippen molar-refractivity contribution in [1.29, 1.82) is 0 Å². The number of halogens is 1. The number of esters is 1.